The first-order valence-electron chi connectivity index (χ1n) is 7.01. The summed E-state index contributed by atoms with van der Waals surface area (Å²) in [4.78, 5) is 34.0. The number of urea groups is 1. The Labute approximate surface area is 122 Å². The Balaban J connectivity index is 1.78. The van der Waals surface area contributed by atoms with E-state index in [0.717, 1.165) is 19.3 Å². The van der Waals surface area contributed by atoms with E-state index in [-0.39, 0.29) is 31.1 Å². The molecule has 2 bridgehead atoms. The largest absolute Gasteiger partial charge is 0.480 e. The molecule has 2 heterocycles. The summed E-state index contributed by atoms with van der Waals surface area (Å²) in [6.45, 7) is 0. The van der Waals surface area contributed by atoms with Gasteiger partial charge >= 0.3 is 18.0 Å². The van der Waals surface area contributed by atoms with Crippen LogP contribution in [-0.4, -0.2) is 54.5 Å². The maximum absolute atomic E-state index is 11.8. The first-order valence-corrected chi connectivity index (χ1v) is 7.01. The molecule has 0 aromatic rings. The molecule has 2 saturated heterocycles. The van der Waals surface area contributed by atoms with Crippen LogP contribution < -0.4 is 10.6 Å². The topological polar surface area (TPSA) is 114 Å². The van der Waals surface area contributed by atoms with Gasteiger partial charge in [-0.3, -0.25) is 4.79 Å². The van der Waals surface area contributed by atoms with Crippen molar-refractivity contribution in [1.29, 1.82) is 0 Å². The van der Waals surface area contributed by atoms with Crippen LogP contribution in [0.15, 0.2) is 0 Å². The third-order valence-electron chi connectivity index (χ3n) is 3.89. The van der Waals surface area contributed by atoms with Crippen molar-refractivity contribution in [2.75, 3.05) is 7.11 Å². The van der Waals surface area contributed by atoms with Crippen LogP contribution in [-0.2, 0) is 19.1 Å². The molecule has 0 aromatic heterocycles. The van der Waals surface area contributed by atoms with E-state index in [9.17, 15) is 14.4 Å². The molecule has 3 N–H and O–H groups in total. The minimum atomic E-state index is -1.18. The number of nitrogens with one attached hydrogen (secondary N) is 2. The van der Waals surface area contributed by atoms with Gasteiger partial charge in [0.05, 0.1) is 25.4 Å². The quantitative estimate of drug-likeness (QED) is 0.595. The van der Waals surface area contributed by atoms with E-state index in [1.54, 1.807) is 0 Å². The zero-order chi connectivity index (χ0) is 15.4. The van der Waals surface area contributed by atoms with Crippen LogP contribution in [0.5, 0.6) is 0 Å². The number of aliphatic carboxylic acids is 1. The number of carbonyl (C=O) groups is 3. The van der Waals surface area contributed by atoms with Crippen molar-refractivity contribution in [1.82, 2.24) is 10.6 Å². The third kappa shape index (κ3) is 4.07. The van der Waals surface area contributed by atoms with Crippen molar-refractivity contribution in [3.05, 3.63) is 0 Å². The second-order valence-electron chi connectivity index (χ2n) is 5.34. The van der Waals surface area contributed by atoms with E-state index in [1.165, 1.54) is 7.11 Å². The van der Waals surface area contributed by atoms with Crippen LogP contribution in [0.3, 0.4) is 0 Å². The number of amides is 2. The minimum Gasteiger partial charge on any atom is -0.480 e. The van der Waals surface area contributed by atoms with E-state index in [0.29, 0.717) is 0 Å². The van der Waals surface area contributed by atoms with Gasteiger partial charge in [0, 0.05) is 6.42 Å². The minimum absolute atomic E-state index is 0.0113. The Hall–Kier alpha value is -1.83. The average Bonchev–Trinajstić information content (AvgIpc) is 3.05. The van der Waals surface area contributed by atoms with Crippen LogP contribution in [0.2, 0.25) is 0 Å². The van der Waals surface area contributed by atoms with Crippen LogP contribution in [0.25, 0.3) is 0 Å². The lowest BCUT2D eigenvalue weighted by atomic mass is 9.96. The van der Waals surface area contributed by atoms with Crippen molar-refractivity contribution < 1.29 is 29.0 Å². The van der Waals surface area contributed by atoms with E-state index >= 15 is 0 Å². The number of carboxylic acid groups (broad SMARTS) is 1. The van der Waals surface area contributed by atoms with Gasteiger partial charge in [-0.25, -0.2) is 9.59 Å². The lowest BCUT2D eigenvalue weighted by Crippen LogP contribution is -2.51. The monoisotopic (exact) mass is 300 g/mol. The van der Waals surface area contributed by atoms with Gasteiger partial charge in [0.25, 0.3) is 0 Å². The van der Waals surface area contributed by atoms with E-state index in [2.05, 4.69) is 15.4 Å². The Morgan fingerprint density at radius 1 is 1.38 bits per heavy atom. The van der Waals surface area contributed by atoms with Gasteiger partial charge in [-0.15, -0.1) is 0 Å². The zero-order valence-electron chi connectivity index (χ0n) is 11.8. The van der Waals surface area contributed by atoms with Crippen molar-refractivity contribution in [3.8, 4) is 0 Å². The molecule has 8 nitrogen and oxygen atoms in total. The molecule has 0 saturated carbocycles. The smallest absolute Gasteiger partial charge is 0.326 e. The first-order chi connectivity index (χ1) is 9.99. The van der Waals surface area contributed by atoms with Crippen molar-refractivity contribution in [3.63, 3.8) is 0 Å². The maximum atomic E-state index is 11.8. The summed E-state index contributed by atoms with van der Waals surface area (Å²) in [6, 6.07) is -1.74. The average molecular weight is 300 g/mol. The molecular formula is C13H20N2O6. The van der Waals surface area contributed by atoms with Gasteiger partial charge in [0.15, 0.2) is 0 Å². The van der Waals surface area contributed by atoms with Gasteiger partial charge in [-0.1, -0.05) is 0 Å². The fourth-order valence-electron chi connectivity index (χ4n) is 2.78. The van der Waals surface area contributed by atoms with Crippen LogP contribution in [0.1, 0.15) is 32.1 Å². The molecule has 2 fully saturated rings. The summed E-state index contributed by atoms with van der Waals surface area (Å²) in [7, 11) is 1.23. The predicted molar refractivity (Wildman–Crippen MR) is 70.6 cm³/mol. The summed E-state index contributed by atoms with van der Waals surface area (Å²) in [5.41, 5.74) is 0. The number of carbonyl (C=O) groups excluding carboxylic acids is 2. The Morgan fingerprint density at radius 3 is 2.67 bits per heavy atom. The number of ether oxygens (including phenoxy) is 2. The predicted octanol–water partition coefficient (Wildman–Crippen LogP) is 0.0119. The fourth-order valence-corrected chi connectivity index (χ4v) is 2.78. The van der Waals surface area contributed by atoms with Gasteiger partial charge in [-0.05, 0) is 25.7 Å². The molecule has 2 aliphatic heterocycles. The molecule has 8 heteroatoms. The summed E-state index contributed by atoms with van der Waals surface area (Å²) >= 11 is 0. The van der Waals surface area contributed by atoms with Gasteiger partial charge < -0.3 is 25.2 Å². The molecule has 21 heavy (non-hydrogen) atoms. The lowest BCUT2D eigenvalue weighted by molar-refractivity contribution is -0.142. The highest BCUT2D eigenvalue weighted by molar-refractivity contribution is 5.83. The number of hydrogen-bond donors (Lipinski definition) is 3. The van der Waals surface area contributed by atoms with Crippen molar-refractivity contribution in [2.24, 2.45) is 0 Å². The highest BCUT2D eigenvalue weighted by Gasteiger charge is 2.41. The molecule has 0 radical (unpaired) electrons. The number of fused-ring (bicyclic) bond motifs is 2. The second-order valence-corrected chi connectivity index (χ2v) is 5.34. The van der Waals surface area contributed by atoms with Crippen molar-refractivity contribution in [2.45, 2.75) is 56.4 Å². The number of hydrogen-bond acceptors (Lipinski definition) is 5. The summed E-state index contributed by atoms with van der Waals surface area (Å²) in [5.74, 6) is -1.69. The van der Waals surface area contributed by atoms with Crippen LogP contribution in [0, 0.1) is 0 Å². The number of methoxy groups -OCH3 is 1. The molecule has 2 rings (SSSR count). The van der Waals surface area contributed by atoms with E-state index in [4.69, 9.17) is 9.84 Å². The van der Waals surface area contributed by atoms with Crippen LogP contribution >= 0.6 is 0 Å². The van der Waals surface area contributed by atoms with Gasteiger partial charge in [0.2, 0.25) is 0 Å². The van der Waals surface area contributed by atoms with Gasteiger partial charge in [-0.2, -0.15) is 0 Å². The Kier molecular flexibility index (Phi) is 5.00. The molecule has 118 valence electrons. The summed E-state index contributed by atoms with van der Waals surface area (Å²) in [5, 5.41) is 14.2. The Bertz CT molecular complexity index is 427. The highest BCUT2D eigenvalue weighted by Crippen LogP contribution is 2.34. The highest BCUT2D eigenvalue weighted by atomic mass is 16.5. The number of carboxylic acids is 1. The summed E-state index contributed by atoms with van der Waals surface area (Å²) < 4.78 is 10.1. The lowest BCUT2D eigenvalue weighted by Gasteiger charge is -2.22. The normalized spacial score (nSPS) is 28.0. The molecule has 2 aliphatic rings. The van der Waals surface area contributed by atoms with Gasteiger partial charge in [0.1, 0.15) is 6.04 Å². The standard InChI is InChI=1S/C13H20N2O6/c1-20-11(16)5-3-8(12(17)18)14-13(19)15-9-6-7-2-4-10(9)21-7/h7-10H,2-6H2,1H3,(H,17,18)(H2,14,15,19)/t7?,8-,9?,10?/m0/s1. The summed E-state index contributed by atoms with van der Waals surface area (Å²) in [6.07, 6.45) is 2.85. The molecular weight excluding hydrogens is 280 g/mol. The van der Waals surface area contributed by atoms with E-state index in [1.807, 2.05) is 0 Å². The number of esters is 1. The number of rotatable bonds is 6. The SMILES string of the molecule is COC(=O)CC[C@H](NC(=O)NC1CC2CCC1O2)C(=O)O. The maximum Gasteiger partial charge on any atom is 0.326 e. The van der Waals surface area contributed by atoms with Crippen molar-refractivity contribution >= 4 is 18.0 Å². The molecule has 4 atom stereocenters. The second kappa shape index (κ2) is 6.75. The fraction of sp³-hybridized carbons (Fsp3) is 0.769. The molecule has 3 unspecified atom stereocenters. The first kappa shape index (κ1) is 15.6. The van der Waals surface area contributed by atoms with E-state index < -0.39 is 24.0 Å². The molecule has 2 amide bonds. The molecule has 0 spiro atoms. The molecule has 0 aromatic carbocycles. The zero-order valence-corrected chi connectivity index (χ0v) is 11.8. The van der Waals surface area contributed by atoms with Crippen LogP contribution in [0.4, 0.5) is 4.79 Å². The Morgan fingerprint density at radius 2 is 2.14 bits per heavy atom. The molecule has 0 aliphatic carbocycles. The third-order valence-corrected chi connectivity index (χ3v) is 3.89.